The number of aliphatic hydroxyl groups excluding tert-OH is 1. The molecule has 106 valence electrons. The normalized spacial score (nSPS) is 11.9. The van der Waals surface area contributed by atoms with Crippen LogP contribution in [0.5, 0.6) is 0 Å². The quantitative estimate of drug-likeness (QED) is 0.724. The number of urea groups is 1. The SMILES string of the molecule is CN(Cc1csc(Br)c1)C(=O)NCC[C@H](O)C(=O)O. The Kier molecular flexibility index (Phi) is 6.26. The van der Waals surface area contributed by atoms with Gasteiger partial charge in [0.2, 0.25) is 0 Å². The van der Waals surface area contributed by atoms with Crippen LogP contribution < -0.4 is 5.32 Å². The third kappa shape index (κ3) is 5.58. The van der Waals surface area contributed by atoms with E-state index in [1.54, 1.807) is 18.4 Å². The van der Waals surface area contributed by atoms with Gasteiger partial charge in [-0.25, -0.2) is 9.59 Å². The van der Waals surface area contributed by atoms with Crippen LogP contribution in [0.15, 0.2) is 15.2 Å². The first-order valence-electron chi connectivity index (χ1n) is 5.53. The van der Waals surface area contributed by atoms with Crippen LogP contribution in [0.3, 0.4) is 0 Å². The van der Waals surface area contributed by atoms with Gasteiger partial charge in [0, 0.05) is 26.6 Å². The van der Waals surface area contributed by atoms with Crippen molar-refractivity contribution in [1.29, 1.82) is 0 Å². The molecule has 0 saturated carbocycles. The van der Waals surface area contributed by atoms with Crippen molar-refractivity contribution in [2.45, 2.75) is 19.1 Å². The molecule has 0 aliphatic rings. The van der Waals surface area contributed by atoms with Crippen LogP contribution in [0.4, 0.5) is 4.79 Å². The summed E-state index contributed by atoms with van der Waals surface area (Å²) in [4.78, 5) is 23.5. The first-order valence-corrected chi connectivity index (χ1v) is 7.20. The van der Waals surface area contributed by atoms with Gasteiger partial charge >= 0.3 is 12.0 Å². The van der Waals surface area contributed by atoms with Gasteiger partial charge in [0.05, 0.1) is 3.79 Å². The van der Waals surface area contributed by atoms with Crippen LogP contribution in [0, 0.1) is 0 Å². The maximum absolute atomic E-state index is 11.7. The van der Waals surface area contributed by atoms with Crippen molar-refractivity contribution in [3.63, 3.8) is 0 Å². The maximum atomic E-state index is 11.7. The lowest BCUT2D eigenvalue weighted by Gasteiger charge is -2.17. The standard InChI is InChI=1S/C11H15BrN2O4S/c1-14(5-7-4-9(12)19-6-7)11(18)13-3-2-8(15)10(16)17/h4,6,8,15H,2-3,5H2,1H3,(H,13,18)(H,16,17)/t8-/m0/s1. The van der Waals surface area contributed by atoms with E-state index in [2.05, 4.69) is 21.2 Å². The van der Waals surface area contributed by atoms with E-state index >= 15 is 0 Å². The molecule has 0 saturated heterocycles. The minimum Gasteiger partial charge on any atom is -0.479 e. The van der Waals surface area contributed by atoms with Gasteiger partial charge in [-0.1, -0.05) is 0 Å². The number of rotatable bonds is 6. The number of nitrogens with zero attached hydrogens (tertiary/aromatic N) is 1. The minimum absolute atomic E-state index is 0.0150. The molecule has 1 aromatic rings. The molecule has 0 unspecified atom stereocenters. The second kappa shape index (κ2) is 7.46. The predicted molar refractivity (Wildman–Crippen MR) is 75.1 cm³/mol. The fraction of sp³-hybridized carbons (Fsp3) is 0.455. The molecule has 3 N–H and O–H groups in total. The Hall–Kier alpha value is -1.12. The van der Waals surface area contributed by atoms with Crippen LogP contribution >= 0.6 is 27.3 Å². The molecule has 0 aliphatic carbocycles. The summed E-state index contributed by atoms with van der Waals surface area (Å²) < 4.78 is 1.00. The van der Waals surface area contributed by atoms with Crippen LogP contribution in [-0.2, 0) is 11.3 Å². The number of aliphatic carboxylic acids is 1. The van der Waals surface area contributed by atoms with Gasteiger partial charge in [-0.15, -0.1) is 11.3 Å². The molecule has 1 aromatic heterocycles. The molecule has 0 radical (unpaired) electrons. The van der Waals surface area contributed by atoms with E-state index in [-0.39, 0.29) is 19.0 Å². The number of halogens is 1. The van der Waals surface area contributed by atoms with E-state index in [9.17, 15) is 9.59 Å². The highest BCUT2D eigenvalue weighted by atomic mass is 79.9. The fourth-order valence-corrected chi connectivity index (χ4v) is 2.55. The molecule has 0 aromatic carbocycles. The summed E-state index contributed by atoms with van der Waals surface area (Å²) in [5.41, 5.74) is 1.01. The molecule has 1 atom stereocenters. The molecular weight excluding hydrogens is 336 g/mol. The van der Waals surface area contributed by atoms with Crippen molar-refractivity contribution in [2.75, 3.05) is 13.6 Å². The number of carboxylic acids is 1. The third-order valence-corrected chi connectivity index (χ3v) is 3.92. The smallest absolute Gasteiger partial charge is 0.332 e. The average molecular weight is 351 g/mol. The first kappa shape index (κ1) is 15.9. The Morgan fingerprint density at radius 2 is 2.26 bits per heavy atom. The Bertz CT molecular complexity index is 452. The monoisotopic (exact) mass is 350 g/mol. The van der Waals surface area contributed by atoms with Crippen molar-refractivity contribution < 1.29 is 19.8 Å². The number of thiophene rings is 1. The zero-order valence-electron chi connectivity index (χ0n) is 10.3. The van der Waals surface area contributed by atoms with Gasteiger partial charge in [0.1, 0.15) is 0 Å². The topological polar surface area (TPSA) is 89.9 Å². The lowest BCUT2D eigenvalue weighted by Crippen LogP contribution is -2.38. The summed E-state index contributed by atoms with van der Waals surface area (Å²) in [6.45, 7) is 0.583. The fourth-order valence-electron chi connectivity index (χ4n) is 1.35. The number of nitrogens with one attached hydrogen (secondary N) is 1. The van der Waals surface area contributed by atoms with E-state index in [1.165, 1.54) is 4.90 Å². The Labute approximate surface area is 123 Å². The van der Waals surface area contributed by atoms with Gasteiger partial charge in [-0.3, -0.25) is 0 Å². The number of amides is 2. The highest BCUT2D eigenvalue weighted by Gasteiger charge is 2.14. The maximum Gasteiger partial charge on any atom is 0.332 e. The first-order chi connectivity index (χ1) is 8.90. The summed E-state index contributed by atoms with van der Waals surface area (Å²) in [6, 6.07) is 1.63. The van der Waals surface area contributed by atoms with Gasteiger partial charge in [0.25, 0.3) is 0 Å². The molecule has 1 rings (SSSR count). The molecule has 19 heavy (non-hydrogen) atoms. The highest BCUT2D eigenvalue weighted by Crippen LogP contribution is 2.21. The molecule has 0 bridgehead atoms. The summed E-state index contributed by atoms with van der Waals surface area (Å²) in [5, 5.41) is 22.0. The lowest BCUT2D eigenvalue weighted by molar-refractivity contribution is -0.146. The molecule has 0 fully saturated rings. The van der Waals surface area contributed by atoms with Crippen molar-refractivity contribution in [1.82, 2.24) is 10.2 Å². The Morgan fingerprint density at radius 3 is 2.79 bits per heavy atom. The highest BCUT2D eigenvalue weighted by molar-refractivity contribution is 9.11. The zero-order chi connectivity index (χ0) is 14.4. The second-order valence-corrected chi connectivity index (χ2v) is 6.28. The number of hydrogen-bond acceptors (Lipinski definition) is 4. The largest absolute Gasteiger partial charge is 0.479 e. The number of aliphatic hydroxyl groups is 1. The number of carboxylic acid groups (broad SMARTS) is 1. The molecule has 6 nitrogen and oxygen atoms in total. The molecule has 1 heterocycles. The van der Waals surface area contributed by atoms with Crippen LogP contribution in [-0.4, -0.2) is 46.8 Å². The van der Waals surface area contributed by atoms with E-state index in [0.717, 1.165) is 9.35 Å². The minimum atomic E-state index is -1.45. The summed E-state index contributed by atoms with van der Waals surface area (Å²) in [6.07, 6.45) is -1.46. The number of carbonyl (C=O) groups is 2. The van der Waals surface area contributed by atoms with Crippen molar-refractivity contribution >= 4 is 39.3 Å². The van der Waals surface area contributed by atoms with Gasteiger partial charge < -0.3 is 20.4 Å². The van der Waals surface area contributed by atoms with Crippen LogP contribution in [0.2, 0.25) is 0 Å². The summed E-state index contributed by atoms with van der Waals surface area (Å²) in [7, 11) is 1.65. The van der Waals surface area contributed by atoms with Crippen LogP contribution in [0.1, 0.15) is 12.0 Å². The lowest BCUT2D eigenvalue weighted by atomic mass is 10.2. The second-order valence-electron chi connectivity index (χ2n) is 3.99. The Morgan fingerprint density at radius 1 is 1.58 bits per heavy atom. The summed E-state index contributed by atoms with van der Waals surface area (Å²) >= 11 is 4.89. The van der Waals surface area contributed by atoms with E-state index in [4.69, 9.17) is 10.2 Å². The molecule has 8 heteroatoms. The molecule has 2 amide bonds. The van der Waals surface area contributed by atoms with Crippen molar-refractivity contribution in [3.8, 4) is 0 Å². The third-order valence-electron chi connectivity index (χ3n) is 2.37. The zero-order valence-corrected chi connectivity index (χ0v) is 12.7. The number of carbonyl (C=O) groups excluding carboxylic acids is 1. The van der Waals surface area contributed by atoms with Crippen molar-refractivity contribution in [3.05, 3.63) is 20.8 Å². The van der Waals surface area contributed by atoms with Gasteiger partial charge in [-0.2, -0.15) is 0 Å². The van der Waals surface area contributed by atoms with Gasteiger partial charge in [-0.05, 0) is 32.9 Å². The average Bonchev–Trinajstić information content (AvgIpc) is 2.74. The predicted octanol–water partition coefficient (Wildman–Crippen LogP) is 1.49. The number of hydrogen-bond donors (Lipinski definition) is 3. The summed E-state index contributed by atoms with van der Waals surface area (Å²) in [5.74, 6) is -1.29. The van der Waals surface area contributed by atoms with Crippen LogP contribution in [0.25, 0.3) is 0 Å². The van der Waals surface area contributed by atoms with Crippen molar-refractivity contribution in [2.24, 2.45) is 0 Å². The molecule has 0 aliphatic heterocycles. The van der Waals surface area contributed by atoms with Gasteiger partial charge in [0.15, 0.2) is 6.10 Å². The van der Waals surface area contributed by atoms with E-state index < -0.39 is 12.1 Å². The molecule has 0 spiro atoms. The Balaban J connectivity index is 2.31. The molecular formula is C11H15BrN2O4S. The van der Waals surface area contributed by atoms with E-state index in [1.807, 2.05) is 11.4 Å². The van der Waals surface area contributed by atoms with E-state index in [0.29, 0.717) is 6.54 Å².